The Morgan fingerprint density at radius 3 is 2.61 bits per heavy atom. The number of hydrogen-bond donors (Lipinski definition) is 0. The maximum absolute atomic E-state index is 13.7. The van der Waals surface area contributed by atoms with Gasteiger partial charge < -0.3 is 4.90 Å². The minimum atomic E-state index is -0.179. The van der Waals surface area contributed by atoms with Gasteiger partial charge in [-0.05, 0) is 6.07 Å². The summed E-state index contributed by atoms with van der Waals surface area (Å²) in [6, 6.07) is 6.81. The van der Waals surface area contributed by atoms with Crippen molar-refractivity contribution in [2.45, 2.75) is 13.1 Å². The monoisotopic (exact) mass is 336 g/mol. The van der Waals surface area contributed by atoms with Crippen molar-refractivity contribution in [3.8, 4) is 0 Å². The molecule has 0 radical (unpaired) electrons. The van der Waals surface area contributed by atoms with Crippen molar-refractivity contribution in [2.24, 2.45) is 0 Å². The second-order valence-electron chi connectivity index (χ2n) is 5.60. The highest BCUT2D eigenvalue weighted by Gasteiger charge is 2.22. The molecule has 0 spiro atoms. The van der Waals surface area contributed by atoms with Gasteiger partial charge in [0.2, 0.25) is 5.91 Å². The number of aromatic nitrogens is 2. The normalized spacial score (nSPS) is 15.8. The Morgan fingerprint density at radius 1 is 1.22 bits per heavy atom. The zero-order chi connectivity index (χ0) is 16.2. The second kappa shape index (κ2) is 7.10. The molecule has 2 aromatic rings. The lowest BCUT2D eigenvalue weighted by atomic mass is 10.2. The third kappa shape index (κ3) is 4.09. The predicted octanol–water partition coefficient (Wildman–Crippen LogP) is 2.02. The summed E-state index contributed by atoms with van der Waals surface area (Å²) in [6.07, 6.45) is 3.15. The van der Waals surface area contributed by atoms with Crippen molar-refractivity contribution in [2.75, 3.05) is 26.2 Å². The molecule has 7 heteroatoms. The first kappa shape index (κ1) is 16.0. The molecule has 1 aliphatic rings. The Balaban J connectivity index is 1.50. The molecule has 1 saturated heterocycles. The van der Waals surface area contributed by atoms with E-state index >= 15 is 0 Å². The topological polar surface area (TPSA) is 41.4 Å². The van der Waals surface area contributed by atoms with Crippen LogP contribution in [0.15, 0.2) is 36.7 Å². The minimum Gasteiger partial charge on any atom is -0.339 e. The summed E-state index contributed by atoms with van der Waals surface area (Å²) in [6.45, 7) is 3.52. The van der Waals surface area contributed by atoms with E-state index in [0.29, 0.717) is 30.2 Å². The Kier molecular flexibility index (Phi) is 4.93. The van der Waals surface area contributed by atoms with Crippen molar-refractivity contribution in [1.29, 1.82) is 0 Å². The first-order valence-corrected chi connectivity index (χ1v) is 7.91. The lowest BCUT2D eigenvalue weighted by Crippen LogP contribution is -2.49. The average Bonchev–Trinajstić information content (AvgIpc) is 2.95. The Labute approximate surface area is 139 Å². The van der Waals surface area contributed by atoms with E-state index < -0.39 is 0 Å². The van der Waals surface area contributed by atoms with Gasteiger partial charge in [0.05, 0.1) is 11.2 Å². The molecule has 1 amide bonds. The van der Waals surface area contributed by atoms with Crippen LogP contribution >= 0.6 is 11.6 Å². The number of benzene rings is 1. The molecule has 5 nitrogen and oxygen atoms in total. The van der Waals surface area contributed by atoms with E-state index in [-0.39, 0.29) is 18.3 Å². The fraction of sp³-hybridized carbons (Fsp3) is 0.375. The van der Waals surface area contributed by atoms with E-state index in [0.717, 1.165) is 13.1 Å². The molecule has 0 saturated carbocycles. The fourth-order valence-corrected chi connectivity index (χ4v) is 2.84. The molecular weight excluding hydrogens is 319 g/mol. The lowest BCUT2D eigenvalue weighted by molar-refractivity contribution is -0.133. The molecule has 23 heavy (non-hydrogen) atoms. The molecule has 122 valence electrons. The summed E-state index contributed by atoms with van der Waals surface area (Å²) >= 11 is 5.79. The number of rotatable bonds is 4. The Hall–Kier alpha value is -1.92. The summed E-state index contributed by atoms with van der Waals surface area (Å²) in [5, 5.41) is 4.54. The van der Waals surface area contributed by atoms with Crippen LogP contribution in [-0.4, -0.2) is 51.7 Å². The van der Waals surface area contributed by atoms with Crippen molar-refractivity contribution in [3.63, 3.8) is 0 Å². The van der Waals surface area contributed by atoms with Crippen LogP contribution in [0.2, 0.25) is 5.02 Å². The number of hydrogen-bond acceptors (Lipinski definition) is 3. The maximum Gasteiger partial charge on any atom is 0.244 e. The molecule has 0 unspecified atom stereocenters. The van der Waals surface area contributed by atoms with E-state index in [9.17, 15) is 9.18 Å². The van der Waals surface area contributed by atoms with Gasteiger partial charge in [-0.15, -0.1) is 0 Å². The van der Waals surface area contributed by atoms with Gasteiger partial charge in [0.25, 0.3) is 0 Å². The highest BCUT2D eigenvalue weighted by molar-refractivity contribution is 6.30. The van der Waals surface area contributed by atoms with Crippen molar-refractivity contribution >= 4 is 17.5 Å². The number of halogens is 2. The zero-order valence-corrected chi connectivity index (χ0v) is 13.4. The Morgan fingerprint density at radius 2 is 1.96 bits per heavy atom. The summed E-state index contributed by atoms with van der Waals surface area (Å²) in [4.78, 5) is 16.2. The van der Waals surface area contributed by atoms with Crippen LogP contribution < -0.4 is 0 Å². The molecule has 1 fully saturated rings. The van der Waals surface area contributed by atoms with E-state index in [1.807, 2.05) is 11.0 Å². The van der Waals surface area contributed by atoms with Crippen molar-refractivity contribution < 1.29 is 9.18 Å². The van der Waals surface area contributed by atoms with Gasteiger partial charge in [-0.1, -0.05) is 29.8 Å². The summed E-state index contributed by atoms with van der Waals surface area (Å²) in [5.41, 5.74) is 0.693. The van der Waals surface area contributed by atoms with Crippen molar-refractivity contribution in [1.82, 2.24) is 19.6 Å². The molecule has 1 aromatic heterocycles. The number of carbonyl (C=O) groups is 1. The molecule has 1 aliphatic heterocycles. The average molecular weight is 337 g/mol. The summed E-state index contributed by atoms with van der Waals surface area (Å²) in [7, 11) is 0. The molecule has 0 N–H and O–H groups in total. The van der Waals surface area contributed by atoms with E-state index in [2.05, 4.69) is 10.00 Å². The number of carbonyl (C=O) groups excluding carboxylic acids is 1. The van der Waals surface area contributed by atoms with E-state index in [1.165, 1.54) is 16.9 Å². The fourth-order valence-electron chi connectivity index (χ4n) is 2.69. The van der Waals surface area contributed by atoms with Crippen LogP contribution in [0.5, 0.6) is 0 Å². The molecular formula is C16H18ClFN4O. The van der Waals surface area contributed by atoms with Crippen LogP contribution in [0, 0.1) is 5.82 Å². The molecule has 2 heterocycles. The third-order valence-corrected chi connectivity index (χ3v) is 4.17. The molecule has 3 rings (SSSR count). The van der Waals surface area contributed by atoms with Gasteiger partial charge in [0, 0.05) is 44.5 Å². The number of piperazine rings is 1. The lowest BCUT2D eigenvalue weighted by Gasteiger charge is -2.34. The molecule has 0 atom stereocenters. The van der Waals surface area contributed by atoms with E-state index in [1.54, 1.807) is 18.3 Å². The van der Waals surface area contributed by atoms with Gasteiger partial charge in [-0.25, -0.2) is 4.39 Å². The van der Waals surface area contributed by atoms with Crippen LogP contribution in [-0.2, 0) is 17.9 Å². The largest absolute Gasteiger partial charge is 0.339 e. The first-order valence-electron chi connectivity index (χ1n) is 7.53. The van der Waals surface area contributed by atoms with Crippen LogP contribution in [0.1, 0.15) is 5.56 Å². The van der Waals surface area contributed by atoms with Gasteiger partial charge in [-0.2, -0.15) is 5.10 Å². The van der Waals surface area contributed by atoms with E-state index in [4.69, 9.17) is 11.6 Å². The van der Waals surface area contributed by atoms with Crippen LogP contribution in [0.4, 0.5) is 4.39 Å². The zero-order valence-electron chi connectivity index (χ0n) is 12.7. The third-order valence-electron chi connectivity index (χ3n) is 3.98. The minimum absolute atomic E-state index is 0.0234. The molecule has 1 aromatic carbocycles. The van der Waals surface area contributed by atoms with Gasteiger partial charge in [0.15, 0.2) is 0 Å². The van der Waals surface area contributed by atoms with Gasteiger partial charge in [-0.3, -0.25) is 14.4 Å². The molecule has 0 bridgehead atoms. The number of nitrogens with zero attached hydrogens (tertiary/aromatic N) is 4. The SMILES string of the molecule is O=C(Cn1cc(Cl)cn1)N1CCN(Cc2ccccc2F)CC1. The highest BCUT2D eigenvalue weighted by Crippen LogP contribution is 2.12. The summed E-state index contributed by atoms with van der Waals surface area (Å²) in [5.74, 6) is -0.156. The van der Waals surface area contributed by atoms with Gasteiger partial charge in [0.1, 0.15) is 12.4 Å². The maximum atomic E-state index is 13.7. The number of amides is 1. The van der Waals surface area contributed by atoms with Crippen LogP contribution in [0.3, 0.4) is 0 Å². The highest BCUT2D eigenvalue weighted by atomic mass is 35.5. The van der Waals surface area contributed by atoms with Crippen LogP contribution in [0.25, 0.3) is 0 Å². The standard InChI is InChI=1S/C16H18ClFN4O/c17-14-9-19-22(11-14)12-16(23)21-7-5-20(6-8-21)10-13-3-1-2-4-15(13)18/h1-4,9,11H,5-8,10,12H2. The van der Waals surface area contributed by atoms with Gasteiger partial charge >= 0.3 is 0 Å². The molecule has 0 aliphatic carbocycles. The quantitative estimate of drug-likeness (QED) is 0.857. The van der Waals surface area contributed by atoms with Crippen molar-refractivity contribution in [3.05, 3.63) is 53.1 Å². The smallest absolute Gasteiger partial charge is 0.244 e. The second-order valence-corrected chi connectivity index (χ2v) is 6.04. The Bertz CT molecular complexity index is 682. The predicted molar refractivity (Wildman–Crippen MR) is 85.5 cm³/mol. The first-order chi connectivity index (χ1) is 11.1. The summed E-state index contributed by atoms with van der Waals surface area (Å²) < 4.78 is 15.2.